The average molecular weight is 955 g/mol. The van der Waals surface area contributed by atoms with Crippen LogP contribution in [0.4, 0.5) is 0 Å². The van der Waals surface area contributed by atoms with E-state index in [1.165, 1.54) is 23.0 Å². The van der Waals surface area contributed by atoms with Gasteiger partial charge in [-0.2, -0.15) is 0 Å². The van der Waals surface area contributed by atoms with Crippen molar-refractivity contribution in [3.05, 3.63) is 174 Å². The van der Waals surface area contributed by atoms with Crippen LogP contribution in [-0.4, -0.2) is 14.5 Å². The molecular formula is C54H51IrN3O-2. The van der Waals surface area contributed by atoms with Gasteiger partial charge in [-0.3, -0.25) is 4.98 Å². The van der Waals surface area contributed by atoms with E-state index in [1.807, 2.05) is 66.7 Å². The minimum atomic E-state index is -2.50. The van der Waals surface area contributed by atoms with Gasteiger partial charge in [-0.1, -0.05) is 144 Å². The molecular weight excluding hydrogens is 899 g/mol. The van der Waals surface area contributed by atoms with E-state index in [-0.39, 0.29) is 31.2 Å². The number of nitrogens with zero attached hydrogens (tertiary/aromatic N) is 3. The Hall–Kier alpha value is -5.61. The summed E-state index contributed by atoms with van der Waals surface area (Å²) in [5, 5.41) is 1.84. The zero-order chi connectivity index (χ0) is 44.8. The maximum absolute atomic E-state index is 8.81. The predicted molar refractivity (Wildman–Crippen MR) is 243 cm³/mol. The molecule has 0 N–H and O–H groups in total. The third kappa shape index (κ3) is 8.60. The van der Waals surface area contributed by atoms with Gasteiger partial charge in [0.2, 0.25) is 0 Å². The summed E-state index contributed by atoms with van der Waals surface area (Å²) in [6.45, 7) is 11.8. The van der Waals surface area contributed by atoms with Crippen molar-refractivity contribution >= 4 is 33.0 Å². The van der Waals surface area contributed by atoms with Gasteiger partial charge in [-0.15, -0.1) is 54.1 Å². The van der Waals surface area contributed by atoms with Crippen LogP contribution in [0.25, 0.3) is 72.4 Å². The topological polar surface area (TPSA) is 43.9 Å². The minimum absolute atomic E-state index is 0. The molecule has 1 radical (unpaired) electrons. The van der Waals surface area contributed by atoms with Crippen molar-refractivity contribution in [2.24, 2.45) is 5.41 Å². The van der Waals surface area contributed by atoms with Crippen LogP contribution in [0.2, 0.25) is 0 Å². The fraction of sp³-hybridized carbons (Fsp3) is 0.222. The second-order valence-electron chi connectivity index (χ2n) is 16.4. The molecule has 9 aromatic rings. The molecule has 4 nitrogen and oxygen atoms in total. The fourth-order valence-corrected chi connectivity index (χ4v) is 7.58. The third-order valence-corrected chi connectivity index (χ3v) is 10.3. The molecule has 0 unspecified atom stereocenters. The van der Waals surface area contributed by atoms with Crippen molar-refractivity contribution in [1.82, 2.24) is 14.5 Å². The third-order valence-electron chi connectivity index (χ3n) is 10.3. The Labute approximate surface area is 369 Å². The molecule has 299 valence electrons. The number of hydrogen-bond donors (Lipinski definition) is 0. The van der Waals surface area contributed by atoms with Crippen LogP contribution in [0, 0.1) is 24.4 Å². The Balaban J connectivity index is 0.000000196. The van der Waals surface area contributed by atoms with Crippen LogP contribution in [0.15, 0.2) is 144 Å². The molecule has 6 aromatic carbocycles. The first-order valence-electron chi connectivity index (χ1n) is 22.5. The smallest absolute Gasteiger partial charge is 0.121 e. The Kier molecular flexibility index (Phi) is 10.4. The van der Waals surface area contributed by atoms with Crippen molar-refractivity contribution in [3.8, 4) is 39.5 Å². The van der Waals surface area contributed by atoms with Crippen LogP contribution in [0.1, 0.15) is 89.4 Å². The summed E-state index contributed by atoms with van der Waals surface area (Å²) in [5.41, 5.74) is 10.7. The molecule has 3 heterocycles. The summed E-state index contributed by atoms with van der Waals surface area (Å²) in [5.74, 6) is 1.80. The summed E-state index contributed by atoms with van der Waals surface area (Å²) in [6.07, 6.45) is -0.648. The van der Waals surface area contributed by atoms with Crippen LogP contribution in [0.5, 0.6) is 0 Å². The standard InChI is InChI=1S/C29H26NO.C25H25N2.Ir/c1-19-18-30-26(15-22(19)17-29(2,3)4)25-12-8-11-24-23-14-13-21(16-27(23)31-28(24)25)20-9-6-5-7-10-20;1-17(2)20-13-10-14-21(18(3)4)24(20)27-23-16-9-8-15-22(23)26-25(27)19-11-6-5-7-12-19;/h5-11,13-16,18H,17H2,1-4H3;5-11,13-18H,1-4H3;/q2*-1;/i1D3,17D2;;. The first-order valence-corrected chi connectivity index (χ1v) is 20.0. The van der Waals surface area contributed by atoms with Gasteiger partial charge in [0.25, 0.3) is 0 Å². The van der Waals surface area contributed by atoms with Gasteiger partial charge in [-0.25, -0.2) is 0 Å². The van der Waals surface area contributed by atoms with E-state index in [2.05, 4.69) is 104 Å². The summed E-state index contributed by atoms with van der Waals surface area (Å²) >= 11 is 0. The molecule has 0 fully saturated rings. The minimum Gasteiger partial charge on any atom is -0.501 e. The van der Waals surface area contributed by atoms with Gasteiger partial charge in [0, 0.05) is 44.2 Å². The molecule has 0 saturated carbocycles. The molecule has 0 aliphatic rings. The van der Waals surface area contributed by atoms with E-state index in [9.17, 15) is 0 Å². The number of benzene rings is 6. The molecule has 0 atom stereocenters. The quantitative estimate of drug-likeness (QED) is 0.150. The molecule has 0 amide bonds. The number of pyridine rings is 1. The second-order valence-corrected chi connectivity index (χ2v) is 16.4. The summed E-state index contributed by atoms with van der Waals surface area (Å²) in [4.78, 5) is 9.43. The van der Waals surface area contributed by atoms with Crippen molar-refractivity contribution < 1.29 is 31.4 Å². The molecule has 0 aliphatic heterocycles. The first kappa shape index (κ1) is 35.3. The number of aromatic nitrogens is 3. The number of imidazole rings is 1. The van der Waals surface area contributed by atoms with Gasteiger partial charge >= 0.3 is 0 Å². The van der Waals surface area contributed by atoms with E-state index < -0.39 is 18.6 Å². The van der Waals surface area contributed by atoms with Gasteiger partial charge in [0.05, 0.1) is 22.4 Å². The number of furan rings is 1. The molecule has 0 spiro atoms. The van der Waals surface area contributed by atoms with Crippen LogP contribution >= 0.6 is 0 Å². The fourth-order valence-electron chi connectivity index (χ4n) is 7.58. The Morgan fingerprint density at radius 2 is 1.47 bits per heavy atom. The zero-order valence-electron chi connectivity index (χ0n) is 39.5. The predicted octanol–water partition coefficient (Wildman–Crippen LogP) is 14.7. The maximum Gasteiger partial charge on any atom is 0.121 e. The second kappa shape index (κ2) is 17.3. The van der Waals surface area contributed by atoms with E-state index in [0.29, 0.717) is 28.7 Å². The van der Waals surface area contributed by atoms with Crippen molar-refractivity contribution in [2.75, 3.05) is 0 Å². The molecule has 59 heavy (non-hydrogen) atoms. The Morgan fingerprint density at radius 3 is 2.17 bits per heavy atom. The normalized spacial score (nSPS) is 13.3. The molecule has 0 bridgehead atoms. The molecule has 0 aliphatic carbocycles. The van der Waals surface area contributed by atoms with E-state index in [4.69, 9.17) is 16.3 Å². The van der Waals surface area contributed by atoms with E-state index >= 15 is 0 Å². The van der Waals surface area contributed by atoms with E-state index in [0.717, 1.165) is 49.9 Å². The summed E-state index contributed by atoms with van der Waals surface area (Å²) in [6, 6.07) is 51.1. The molecule has 9 rings (SSSR count). The zero-order valence-corrected chi connectivity index (χ0v) is 36.9. The first-order chi connectivity index (χ1) is 30.0. The Bertz CT molecular complexity index is 3050. The molecule has 5 heteroatoms. The number of hydrogen-bond acceptors (Lipinski definition) is 3. The van der Waals surface area contributed by atoms with E-state index in [1.54, 1.807) is 32.9 Å². The summed E-state index contributed by atoms with van der Waals surface area (Å²) in [7, 11) is 0. The average Bonchev–Trinajstić information content (AvgIpc) is 3.84. The molecule has 0 saturated heterocycles. The number of aryl methyl sites for hydroxylation is 1. The number of para-hydroxylation sites is 3. The SMILES string of the molecule is CC(C)c1cccc(C(C)C)c1-n1c(-c2[c-]cccc2)nc2ccccc21.[2H]C([2H])([2H])c1cnc(-c2[c-]ccc3c2oc2cc(-c4ccccc4)ccc23)cc1C([2H])([2H])C(C)(C)C.[Ir]. The van der Waals surface area contributed by atoms with Crippen molar-refractivity contribution in [1.29, 1.82) is 0 Å². The largest absolute Gasteiger partial charge is 0.501 e. The monoisotopic (exact) mass is 955 g/mol. The van der Waals surface area contributed by atoms with Crippen LogP contribution < -0.4 is 0 Å². The summed E-state index contributed by atoms with van der Waals surface area (Å²) < 4.78 is 50.2. The van der Waals surface area contributed by atoms with Gasteiger partial charge in [-0.05, 0) is 82.2 Å². The van der Waals surface area contributed by atoms with Crippen LogP contribution in [0.3, 0.4) is 0 Å². The Morgan fingerprint density at radius 1 is 0.746 bits per heavy atom. The van der Waals surface area contributed by atoms with Crippen LogP contribution in [-0.2, 0) is 26.5 Å². The van der Waals surface area contributed by atoms with Gasteiger partial charge in [0.15, 0.2) is 0 Å². The maximum atomic E-state index is 8.81. The number of rotatable bonds is 7. The van der Waals surface area contributed by atoms with Crippen molar-refractivity contribution in [3.63, 3.8) is 0 Å². The van der Waals surface area contributed by atoms with Crippen molar-refractivity contribution in [2.45, 2.75) is 73.5 Å². The number of fused-ring (bicyclic) bond motifs is 4. The van der Waals surface area contributed by atoms with Gasteiger partial charge in [0.1, 0.15) is 5.58 Å². The molecule has 3 aromatic heterocycles. The van der Waals surface area contributed by atoms with Gasteiger partial charge < -0.3 is 14.0 Å².